The summed E-state index contributed by atoms with van der Waals surface area (Å²) in [6.45, 7) is 1.01. The van der Waals surface area contributed by atoms with Gasteiger partial charge in [0.1, 0.15) is 0 Å². The fourth-order valence-electron chi connectivity index (χ4n) is 1.30. The van der Waals surface area contributed by atoms with E-state index in [1.807, 2.05) is 24.0 Å². The van der Waals surface area contributed by atoms with E-state index in [4.69, 9.17) is 0 Å². The summed E-state index contributed by atoms with van der Waals surface area (Å²) in [5.74, 6) is 1.13. The molecule has 0 saturated heterocycles. The van der Waals surface area contributed by atoms with E-state index in [2.05, 4.69) is 28.0 Å². The third-order valence-corrected chi connectivity index (χ3v) is 3.51. The lowest BCUT2D eigenvalue weighted by molar-refractivity contribution is 1.23. The molecule has 0 atom stereocenters. The highest BCUT2D eigenvalue weighted by atomic mass is 32.2. The number of anilines is 1. The van der Waals surface area contributed by atoms with Gasteiger partial charge in [-0.2, -0.15) is 11.8 Å². The standard InChI is InChI=1S/C10H12N2S2/c1-13-7-5-12-8-2-4-11-9-3-6-14-10(8)9/h2-4,6H,5,7H2,1H3,(H,11,12). The lowest BCUT2D eigenvalue weighted by Gasteiger charge is -2.05. The fraction of sp³-hybridized carbons (Fsp3) is 0.300. The molecule has 1 N–H and O–H groups in total. The summed E-state index contributed by atoms with van der Waals surface area (Å²) in [4.78, 5) is 4.30. The Bertz CT molecular complexity index is 411. The van der Waals surface area contributed by atoms with Crippen LogP contribution in [0.2, 0.25) is 0 Å². The van der Waals surface area contributed by atoms with E-state index in [1.165, 1.54) is 10.4 Å². The second kappa shape index (κ2) is 4.66. The van der Waals surface area contributed by atoms with Gasteiger partial charge in [0.15, 0.2) is 0 Å². The molecule has 0 aliphatic rings. The second-order valence-corrected chi connectivity index (χ2v) is 4.81. The summed E-state index contributed by atoms with van der Waals surface area (Å²) in [5.41, 5.74) is 2.29. The van der Waals surface area contributed by atoms with E-state index < -0.39 is 0 Å². The number of aromatic nitrogens is 1. The van der Waals surface area contributed by atoms with Gasteiger partial charge in [0.2, 0.25) is 0 Å². The van der Waals surface area contributed by atoms with E-state index in [9.17, 15) is 0 Å². The lowest BCUT2D eigenvalue weighted by Crippen LogP contribution is -2.03. The van der Waals surface area contributed by atoms with Crippen molar-refractivity contribution < 1.29 is 0 Å². The lowest BCUT2D eigenvalue weighted by atomic mass is 10.3. The number of pyridine rings is 1. The zero-order chi connectivity index (χ0) is 9.80. The summed E-state index contributed by atoms with van der Waals surface area (Å²) in [6.07, 6.45) is 3.98. The van der Waals surface area contributed by atoms with Crippen molar-refractivity contribution in [2.24, 2.45) is 0 Å². The van der Waals surface area contributed by atoms with Gasteiger partial charge in [0, 0.05) is 18.5 Å². The van der Waals surface area contributed by atoms with Crippen LogP contribution in [0.1, 0.15) is 0 Å². The molecule has 2 aromatic heterocycles. The minimum Gasteiger partial charge on any atom is -0.383 e. The van der Waals surface area contributed by atoms with Crippen LogP contribution >= 0.6 is 23.1 Å². The van der Waals surface area contributed by atoms with Gasteiger partial charge in [-0.3, -0.25) is 4.98 Å². The van der Waals surface area contributed by atoms with Crippen molar-refractivity contribution in [3.8, 4) is 0 Å². The maximum atomic E-state index is 4.30. The molecule has 74 valence electrons. The topological polar surface area (TPSA) is 24.9 Å². The van der Waals surface area contributed by atoms with E-state index in [0.717, 1.165) is 17.8 Å². The van der Waals surface area contributed by atoms with Crippen LogP contribution in [0.3, 0.4) is 0 Å². The van der Waals surface area contributed by atoms with Crippen LogP contribution in [-0.4, -0.2) is 23.5 Å². The van der Waals surface area contributed by atoms with Gasteiger partial charge in [-0.1, -0.05) is 0 Å². The van der Waals surface area contributed by atoms with E-state index in [-0.39, 0.29) is 0 Å². The number of thioether (sulfide) groups is 1. The molecule has 0 unspecified atom stereocenters. The van der Waals surface area contributed by atoms with Crippen molar-refractivity contribution in [1.29, 1.82) is 0 Å². The van der Waals surface area contributed by atoms with Gasteiger partial charge >= 0.3 is 0 Å². The molecule has 0 spiro atoms. The average molecular weight is 224 g/mol. The molecule has 2 aromatic rings. The first kappa shape index (κ1) is 9.80. The number of nitrogens with one attached hydrogen (secondary N) is 1. The summed E-state index contributed by atoms with van der Waals surface area (Å²) in [5, 5.41) is 5.51. The monoisotopic (exact) mass is 224 g/mol. The molecule has 4 heteroatoms. The number of hydrogen-bond acceptors (Lipinski definition) is 4. The Labute approximate surface area is 91.7 Å². The zero-order valence-corrected chi connectivity index (χ0v) is 9.62. The van der Waals surface area contributed by atoms with Crippen molar-refractivity contribution in [2.45, 2.75) is 0 Å². The van der Waals surface area contributed by atoms with Crippen LogP contribution < -0.4 is 5.32 Å². The van der Waals surface area contributed by atoms with Gasteiger partial charge in [0.05, 0.1) is 15.9 Å². The second-order valence-electron chi connectivity index (χ2n) is 2.91. The maximum absolute atomic E-state index is 4.30. The van der Waals surface area contributed by atoms with Crippen molar-refractivity contribution in [3.63, 3.8) is 0 Å². The Morgan fingerprint density at radius 2 is 2.43 bits per heavy atom. The third kappa shape index (κ3) is 2.01. The molecule has 14 heavy (non-hydrogen) atoms. The molecule has 0 radical (unpaired) electrons. The SMILES string of the molecule is CSCCNc1ccnc2ccsc12. The Morgan fingerprint density at radius 3 is 3.29 bits per heavy atom. The molecular weight excluding hydrogens is 212 g/mol. The third-order valence-electron chi connectivity index (χ3n) is 1.97. The molecule has 2 rings (SSSR count). The van der Waals surface area contributed by atoms with Gasteiger partial charge in [-0.25, -0.2) is 0 Å². The Balaban J connectivity index is 2.19. The van der Waals surface area contributed by atoms with Gasteiger partial charge in [0.25, 0.3) is 0 Å². The Kier molecular flexibility index (Phi) is 3.26. The van der Waals surface area contributed by atoms with Crippen LogP contribution in [0.25, 0.3) is 10.2 Å². The molecule has 0 amide bonds. The zero-order valence-electron chi connectivity index (χ0n) is 7.99. The predicted molar refractivity (Wildman–Crippen MR) is 66.5 cm³/mol. The molecule has 0 aromatic carbocycles. The Morgan fingerprint density at radius 1 is 1.50 bits per heavy atom. The summed E-state index contributed by atoms with van der Waals surface area (Å²) in [6, 6.07) is 4.10. The fourth-order valence-corrected chi connectivity index (χ4v) is 2.45. The van der Waals surface area contributed by atoms with Crippen LogP contribution in [0, 0.1) is 0 Å². The summed E-state index contributed by atoms with van der Waals surface area (Å²) < 4.78 is 1.26. The van der Waals surface area contributed by atoms with Crippen molar-refractivity contribution in [2.75, 3.05) is 23.9 Å². The van der Waals surface area contributed by atoms with Crippen LogP contribution in [0.5, 0.6) is 0 Å². The first-order chi connectivity index (χ1) is 6.92. The normalized spacial score (nSPS) is 10.6. The molecule has 0 aliphatic heterocycles. The predicted octanol–water partition coefficient (Wildman–Crippen LogP) is 3.07. The number of fused-ring (bicyclic) bond motifs is 1. The minimum absolute atomic E-state index is 1.01. The molecule has 2 heterocycles. The summed E-state index contributed by atoms with van der Waals surface area (Å²) in [7, 11) is 0. The molecule has 0 saturated carbocycles. The molecule has 0 bridgehead atoms. The van der Waals surface area contributed by atoms with Gasteiger partial charge in [-0.05, 0) is 23.8 Å². The quantitative estimate of drug-likeness (QED) is 0.808. The molecule has 2 nitrogen and oxygen atoms in total. The largest absolute Gasteiger partial charge is 0.383 e. The highest BCUT2D eigenvalue weighted by molar-refractivity contribution is 7.98. The number of rotatable bonds is 4. The minimum atomic E-state index is 1.01. The first-order valence-electron chi connectivity index (χ1n) is 4.47. The number of hydrogen-bond donors (Lipinski definition) is 1. The Hall–Kier alpha value is -0.740. The molecular formula is C10H12N2S2. The van der Waals surface area contributed by atoms with Crippen LogP contribution in [-0.2, 0) is 0 Å². The highest BCUT2D eigenvalue weighted by Gasteiger charge is 2.01. The summed E-state index contributed by atoms with van der Waals surface area (Å²) >= 11 is 3.59. The highest BCUT2D eigenvalue weighted by Crippen LogP contribution is 2.26. The molecule has 0 aliphatic carbocycles. The van der Waals surface area contributed by atoms with Gasteiger partial charge < -0.3 is 5.32 Å². The molecule has 0 fully saturated rings. The smallest absolute Gasteiger partial charge is 0.0830 e. The van der Waals surface area contributed by atoms with E-state index in [0.29, 0.717) is 0 Å². The van der Waals surface area contributed by atoms with Gasteiger partial charge in [-0.15, -0.1) is 11.3 Å². The van der Waals surface area contributed by atoms with Crippen LogP contribution in [0.15, 0.2) is 23.7 Å². The maximum Gasteiger partial charge on any atom is 0.0830 e. The van der Waals surface area contributed by atoms with E-state index in [1.54, 1.807) is 11.3 Å². The number of nitrogens with zero attached hydrogens (tertiary/aromatic N) is 1. The van der Waals surface area contributed by atoms with Crippen LogP contribution in [0.4, 0.5) is 5.69 Å². The van der Waals surface area contributed by atoms with E-state index >= 15 is 0 Å². The van der Waals surface area contributed by atoms with Crippen molar-refractivity contribution >= 4 is 39.0 Å². The number of thiophene rings is 1. The average Bonchev–Trinajstić information content (AvgIpc) is 2.67. The van der Waals surface area contributed by atoms with Crippen molar-refractivity contribution in [1.82, 2.24) is 4.98 Å². The van der Waals surface area contributed by atoms with Crippen molar-refractivity contribution in [3.05, 3.63) is 23.7 Å². The first-order valence-corrected chi connectivity index (χ1v) is 6.74.